The zero-order valence-corrected chi connectivity index (χ0v) is 15.0. The van der Waals surface area contributed by atoms with Gasteiger partial charge in [-0.3, -0.25) is 4.79 Å². The lowest BCUT2D eigenvalue weighted by Crippen LogP contribution is -2.09. The van der Waals surface area contributed by atoms with Crippen LogP contribution in [0, 0.1) is 0 Å². The lowest BCUT2D eigenvalue weighted by Gasteiger charge is -2.18. The number of amides is 1. The highest BCUT2D eigenvalue weighted by molar-refractivity contribution is 9.11. The van der Waals surface area contributed by atoms with Gasteiger partial charge < -0.3 is 10.6 Å². The van der Waals surface area contributed by atoms with Gasteiger partial charge in [0.25, 0.3) is 0 Å². The number of rotatable bonds is 4. The SMILES string of the molecule is CC(=O)Nc1cccc(NC(C)c2ccc(Br)cc2Br)c1. The van der Waals surface area contributed by atoms with Crippen molar-refractivity contribution in [3.05, 3.63) is 57.0 Å². The molecule has 0 aliphatic carbocycles. The maximum absolute atomic E-state index is 11.1. The second-order valence-corrected chi connectivity index (χ2v) is 6.56. The third-order valence-electron chi connectivity index (χ3n) is 3.00. The predicted molar refractivity (Wildman–Crippen MR) is 94.6 cm³/mol. The molecule has 21 heavy (non-hydrogen) atoms. The average Bonchev–Trinajstić information content (AvgIpc) is 2.37. The molecule has 0 aliphatic rings. The number of hydrogen-bond donors (Lipinski definition) is 2. The Bertz CT molecular complexity index is 658. The van der Waals surface area contributed by atoms with Crippen molar-refractivity contribution in [2.75, 3.05) is 10.6 Å². The van der Waals surface area contributed by atoms with Gasteiger partial charge in [0.15, 0.2) is 0 Å². The highest BCUT2D eigenvalue weighted by Gasteiger charge is 2.10. The van der Waals surface area contributed by atoms with E-state index in [4.69, 9.17) is 0 Å². The first-order chi connectivity index (χ1) is 9.95. The third kappa shape index (κ3) is 4.58. The van der Waals surface area contributed by atoms with Crippen molar-refractivity contribution in [1.29, 1.82) is 0 Å². The summed E-state index contributed by atoms with van der Waals surface area (Å²) in [5.74, 6) is -0.0733. The van der Waals surface area contributed by atoms with Crippen molar-refractivity contribution < 1.29 is 4.79 Å². The van der Waals surface area contributed by atoms with Gasteiger partial charge in [-0.15, -0.1) is 0 Å². The van der Waals surface area contributed by atoms with E-state index in [0.717, 1.165) is 20.3 Å². The number of carbonyl (C=O) groups is 1. The Balaban J connectivity index is 2.15. The summed E-state index contributed by atoms with van der Waals surface area (Å²) in [5, 5.41) is 6.22. The van der Waals surface area contributed by atoms with Crippen molar-refractivity contribution >= 4 is 49.1 Å². The van der Waals surface area contributed by atoms with Crippen molar-refractivity contribution in [3.63, 3.8) is 0 Å². The fourth-order valence-corrected chi connectivity index (χ4v) is 3.46. The van der Waals surface area contributed by atoms with E-state index in [2.05, 4.69) is 55.5 Å². The fourth-order valence-electron chi connectivity index (χ4n) is 2.07. The number of benzene rings is 2. The Morgan fingerprint density at radius 3 is 2.48 bits per heavy atom. The van der Waals surface area contributed by atoms with Crippen molar-refractivity contribution in [3.8, 4) is 0 Å². The van der Waals surface area contributed by atoms with Gasteiger partial charge in [-0.25, -0.2) is 0 Å². The van der Waals surface area contributed by atoms with E-state index in [1.165, 1.54) is 12.5 Å². The van der Waals surface area contributed by atoms with Gasteiger partial charge in [-0.05, 0) is 42.8 Å². The average molecular weight is 412 g/mol. The summed E-state index contributed by atoms with van der Waals surface area (Å²) in [6.45, 7) is 3.60. The maximum Gasteiger partial charge on any atom is 0.221 e. The van der Waals surface area contributed by atoms with Crippen molar-refractivity contribution in [2.24, 2.45) is 0 Å². The molecule has 2 N–H and O–H groups in total. The second kappa shape index (κ2) is 7.09. The van der Waals surface area contributed by atoms with Crippen LogP contribution in [-0.2, 0) is 4.79 Å². The number of carbonyl (C=O) groups excluding carboxylic acids is 1. The molecule has 2 rings (SSSR count). The van der Waals surface area contributed by atoms with Crippen LogP contribution >= 0.6 is 31.9 Å². The normalized spacial score (nSPS) is 11.8. The summed E-state index contributed by atoms with van der Waals surface area (Å²) >= 11 is 7.04. The predicted octanol–water partition coefficient (Wildman–Crippen LogP) is 5.34. The molecule has 5 heteroatoms. The molecule has 0 radical (unpaired) electrons. The van der Waals surface area contributed by atoms with Gasteiger partial charge in [-0.1, -0.05) is 44.0 Å². The Morgan fingerprint density at radius 2 is 1.81 bits per heavy atom. The van der Waals surface area contributed by atoms with E-state index in [1.807, 2.05) is 36.4 Å². The van der Waals surface area contributed by atoms with E-state index in [0.29, 0.717) is 0 Å². The number of anilines is 2. The van der Waals surface area contributed by atoms with E-state index in [1.54, 1.807) is 0 Å². The number of nitrogens with one attached hydrogen (secondary N) is 2. The monoisotopic (exact) mass is 410 g/mol. The summed E-state index contributed by atoms with van der Waals surface area (Å²) in [7, 11) is 0. The quantitative estimate of drug-likeness (QED) is 0.712. The van der Waals surface area contributed by atoms with Gasteiger partial charge in [0.05, 0.1) is 0 Å². The zero-order valence-electron chi connectivity index (χ0n) is 11.8. The summed E-state index contributed by atoms with van der Waals surface area (Å²) in [6.07, 6.45) is 0. The molecule has 0 saturated carbocycles. The highest BCUT2D eigenvalue weighted by atomic mass is 79.9. The number of hydrogen-bond acceptors (Lipinski definition) is 2. The van der Waals surface area contributed by atoms with Crippen LogP contribution < -0.4 is 10.6 Å². The first-order valence-corrected chi connectivity index (χ1v) is 8.13. The van der Waals surface area contributed by atoms with Crippen molar-refractivity contribution in [1.82, 2.24) is 0 Å². The molecule has 0 fully saturated rings. The van der Waals surface area contributed by atoms with Gasteiger partial charge in [0.2, 0.25) is 5.91 Å². The van der Waals surface area contributed by atoms with Crippen LogP contribution in [0.15, 0.2) is 51.4 Å². The molecule has 0 aliphatic heterocycles. The Hall–Kier alpha value is -1.33. The van der Waals surface area contributed by atoms with Gasteiger partial charge in [0, 0.05) is 33.3 Å². The lowest BCUT2D eigenvalue weighted by atomic mass is 10.1. The van der Waals surface area contributed by atoms with E-state index < -0.39 is 0 Å². The molecule has 0 aromatic heterocycles. The minimum absolute atomic E-state index is 0.0733. The summed E-state index contributed by atoms with van der Waals surface area (Å²) in [6, 6.07) is 13.9. The Labute approximate surface area is 141 Å². The molecule has 1 unspecified atom stereocenters. The molecule has 1 atom stereocenters. The molecule has 0 bridgehead atoms. The second-order valence-electron chi connectivity index (χ2n) is 4.79. The molecular formula is C16H16Br2N2O. The topological polar surface area (TPSA) is 41.1 Å². The largest absolute Gasteiger partial charge is 0.378 e. The van der Waals surface area contributed by atoms with Crippen molar-refractivity contribution in [2.45, 2.75) is 19.9 Å². The van der Waals surface area contributed by atoms with Crippen LogP contribution in [0.5, 0.6) is 0 Å². The van der Waals surface area contributed by atoms with Crippen LogP contribution in [0.2, 0.25) is 0 Å². The third-order valence-corrected chi connectivity index (χ3v) is 4.18. The first kappa shape index (κ1) is 16.0. The first-order valence-electron chi connectivity index (χ1n) is 6.55. The van der Waals surface area contributed by atoms with Crippen LogP contribution in [0.4, 0.5) is 11.4 Å². The summed E-state index contributed by atoms with van der Waals surface area (Å²) in [4.78, 5) is 11.1. The van der Waals surface area contributed by atoms with Crippen LogP contribution in [0.3, 0.4) is 0 Å². The molecule has 1 amide bonds. The Morgan fingerprint density at radius 1 is 1.10 bits per heavy atom. The van der Waals surface area contributed by atoms with Gasteiger partial charge >= 0.3 is 0 Å². The van der Waals surface area contributed by atoms with Crippen LogP contribution in [-0.4, -0.2) is 5.91 Å². The fraction of sp³-hybridized carbons (Fsp3) is 0.188. The van der Waals surface area contributed by atoms with E-state index >= 15 is 0 Å². The summed E-state index contributed by atoms with van der Waals surface area (Å²) in [5.41, 5.74) is 2.92. The lowest BCUT2D eigenvalue weighted by molar-refractivity contribution is -0.114. The minimum Gasteiger partial charge on any atom is -0.378 e. The maximum atomic E-state index is 11.1. The molecule has 2 aromatic rings. The zero-order chi connectivity index (χ0) is 15.4. The number of halogens is 2. The molecule has 0 spiro atoms. The Kier molecular flexibility index (Phi) is 5.42. The standard InChI is InChI=1S/C16H16Br2N2O/c1-10(15-7-6-12(17)8-16(15)18)19-13-4-3-5-14(9-13)20-11(2)21/h3-10,19H,1-2H3,(H,20,21). The van der Waals surface area contributed by atoms with Crippen LogP contribution in [0.25, 0.3) is 0 Å². The molecular weight excluding hydrogens is 396 g/mol. The van der Waals surface area contributed by atoms with Crippen LogP contribution in [0.1, 0.15) is 25.5 Å². The molecule has 0 saturated heterocycles. The highest BCUT2D eigenvalue weighted by Crippen LogP contribution is 2.29. The van der Waals surface area contributed by atoms with Gasteiger partial charge in [-0.2, -0.15) is 0 Å². The summed E-state index contributed by atoms with van der Waals surface area (Å²) < 4.78 is 2.09. The van der Waals surface area contributed by atoms with E-state index in [9.17, 15) is 4.79 Å². The molecule has 0 heterocycles. The minimum atomic E-state index is -0.0733. The smallest absolute Gasteiger partial charge is 0.221 e. The van der Waals surface area contributed by atoms with E-state index in [-0.39, 0.29) is 11.9 Å². The molecule has 2 aromatic carbocycles. The van der Waals surface area contributed by atoms with Gasteiger partial charge in [0.1, 0.15) is 0 Å². The molecule has 110 valence electrons. The molecule has 3 nitrogen and oxygen atoms in total.